The highest BCUT2D eigenvalue weighted by Gasteiger charge is 2.11. The molecule has 0 radical (unpaired) electrons. The third kappa shape index (κ3) is 2.40. The summed E-state index contributed by atoms with van der Waals surface area (Å²) in [4.78, 5) is 8.60. The van der Waals surface area contributed by atoms with Crippen molar-refractivity contribution in [1.29, 1.82) is 0 Å². The van der Waals surface area contributed by atoms with Crippen molar-refractivity contribution in [3.05, 3.63) is 59.9 Å². The second kappa shape index (κ2) is 5.05. The first kappa shape index (κ1) is 12.1. The van der Waals surface area contributed by atoms with Gasteiger partial charge in [-0.2, -0.15) is 0 Å². The van der Waals surface area contributed by atoms with Crippen LogP contribution in [-0.4, -0.2) is 16.6 Å². The van der Waals surface area contributed by atoms with E-state index < -0.39 is 0 Å². The normalized spacial score (nSPS) is 13.0. The van der Waals surface area contributed by atoms with Gasteiger partial charge in [0.2, 0.25) is 0 Å². The van der Waals surface area contributed by atoms with Crippen molar-refractivity contribution in [2.75, 3.05) is 11.9 Å². The molecule has 0 bridgehead atoms. The van der Waals surface area contributed by atoms with Gasteiger partial charge in [-0.25, -0.2) is 0 Å². The standard InChI is InChI=1S/C17H15N3O/c1-4-17-13(5-8-21-17)9-12(1)11-20-14-2-3-15-16(10-14)19-7-6-18-15/h1-4,6-7,9-10,20H,5,8,11H2. The van der Waals surface area contributed by atoms with Crippen LogP contribution in [0.4, 0.5) is 5.69 Å². The fraction of sp³-hybridized carbons (Fsp3) is 0.176. The van der Waals surface area contributed by atoms with Crippen LogP contribution in [0, 0.1) is 0 Å². The number of hydrogen-bond donors (Lipinski definition) is 1. The minimum Gasteiger partial charge on any atom is -0.493 e. The first-order valence-electron chi connectivity index (χ1n) is 7.08. The quantitative estimate of drug-likeness (QED) is 0.798. The van der Waals surface area contributed by atoms with Gasteiger partial charge in [-0.1, -0.05) is 12.1 Å². The molecule has 0 atom stereocenters. The molecule has 2 aromatic carbocycles. The molecule has 4 heteroatoms. The highest BCUT2D eigenvalue weighted by molar-refractivity contribution is 5.78. The molecule has 0 saturated carbocycles. The topological polar surface area (TPSA) is 47.0 Å². The SMILES string of the molecule is c1cnc2cc(NCc3ccc4c(c3)CCO4)ccc2n1. The molecule has 0 amide bonds. The summed E-state index contributed by atoms with van der Waals surface area (Å²) in [5.74, 6) is 1.03. The highest BCUT2D eigenvalue weighted by Crippen LogP contribution is 2.26. The van der Waals surface area contributed by atoms with Gasteiger partial charge in [-0.3, -0.25) is 9.97 Å². The monoisotopic (exact) mass is 277 g/mol. The Hall–Kier alpha value is -2.62. The minimum atomic E-state index is 0.791. The van der Waals surface area contributed by atoms with Gasteiger partial charge in [0.05, 0.1) is 17.6 Å². The third-order valence-electron chi connectivity index (χ3n) is 3.72. The number of fused-ring (bicyclic) bond motifs is 2. The molecular formula is C17H15N3O. The molecule has 104 valence electrons. The summed E-state index contributed by atoms with van der Waals surface area (Å²) in [5, 5.41) is 3.44. The van der Waals surface area contributed by atoms with Gasteiger partial charge in [-0.05, 0) is 35.4 Å². The maximum Gasteiger partial charge on any atom is 0.122 e. The molecule has 0 aliphatic carbocycles. The Morgan fingerprint density at radius 3 is 2.86 bits per heavy atom. The summed E-state index contributed by atoms with van der Waals surface area (Å²) < 4.78 is 5.53. The number of nitrogens with one attached hydrogen (secondary N) is 1. The van der Waals surface area contributed by atoms with Gasteiger partial charge >= 0.3 is 0 Å². The van der Waals surface area contributed by atoms with Crippen LogP contribution in [0.15, 0.2) is 48.8 Å². The molecule has 0 spiro atoms. The van der Waals surface area contributed by atoms with E-state index in [0.717, 1.165) is 42.0 Å². The van der Waals surface area contributed by atoms with E-state index in [1.807, 2.05) is 18.2 Å². The van der Waals surface area contributed by atoms with Crippen molar-refractivity contribution in [3.63, 3.8) is 0 Å². The molecule has 1 N–H and O–H groups in total. The third-order valence-corrected chi connectivity index (χ3v) is 3.72. The van der Waals surface area contributed by atoms with Gasteiger partial charge in [0.25, 0.3) is 0 Å². The number of anilines is 1. The second-order valence-corrected chi connectivity index (χ2v) is 5.15. The fourth-order valence-corrected chi connectivity index (χ4v) is 2.63. The average Bonchev–Trinajstić information content (AvgIpc) is 3.00. The molecule has 21 heavy (non-hydrogen) atoms. The van der Waals surface area contributed by atoms with Gasteiger partial charge in [0, 0.05) is 31.0 Å². The number of nitrogens with zero attached hydrogens (tertiary/aromatic N) is 2. The zero-order valence-electron chi connectivity index (χ0n) is 11.5. The summed E-state index contributed by atoms with van der Waals surface area (Å²) >= 11 is 0. The maximum atomic E-state index is 5.53. The number of hydrogen-bond acceptors (Lipinski definition) is 4. The van der Waals surface area contributed by atoms with E-state index in [0.29, 0.717) is 0 Å². The molecule has 4 nitrogen and oxygen atoms in total. The van der Waals surface area contributed by atoms with E-state index in [9.17, 15) is 0 Å². The highest BCUT2D eigenvalue weighted by atomic mass is 16.5. The van der Waals surface area contributed by atoms with E-state index in [1.165, 1.54) is 11.1 Å². The first-order chi connectivity index (χ1) is 10.4. The largest absolute Gasteiger partial charge is 0.493 e. The Kier molecular flexibility index (Phi) is 2.92. The number of ether oxygens (including phenoxy) is 1. The lowest BCUT2D eigenvalue weighted by Gasteiger charge is -2.08. The Labute approximate surface area is 122 Å². The van der Waals surface area contributed by atoms with Crippen molar-refractivity contribution in [2.24, 2.45) is 0 Å². The molecule has 4 rings (SSSR count). The van der Waals surface area contributed by atoms with Crippen molar-refractivity contribution in [2.45, 2.75) is 13.0 Å². The van der Waals surface area contributed by atoms with E-state index in [-0.39, 0.29) is 0 Å². The smallest absolute Gasteiger partial charge is 0.122 e. The Bertz CT molecular complexity index is 801. The summed E-state index contributed by atoms with van der Waals surface area (Å²) in [5.41, 5.74) is 5.44. The van der Waals surface area contributed by atoms with E-state index in [1.54, 1.807) is 12.4 Å². The predicted octanol–water partition coefficient (Wildman–Crippen LogP) is 3.18. The van der Waals surface area contributed by atoms with E-state index in [4.69, 9.17) is 4.74 Å². The molecule has 0 saturated heterocycles. The van der Waals surface area contributed by atoms with Crippen LogP contribution in [0.5, 0.6) is 5.75 Å². The average molecular weight is 277 g/mol. The van der Waals surface area contributed by atoms with Crippen molar-refractivity contribution in [1.82, 2.24) is 9.97 Å². The van der Waals surface area contributed by atoms with Crippen LogP contribution < -0.4 is 10.1 Å². The van der Waals surface area contributed by atoms with Crippen molar-refractivity contribution in [3.8, 4) is 5.75 Å². The second-order valence-electron chi connectivity index (χ2n) is 5.15. The lowest BCUT2D eigenvalue weighted by molar-refractivity contribution is 0.357. The van der Waals surface area contributed by atoms with Gasteiger partial charge in [0.1, 0.15) is 5.75 Å². The van der Waals surface area contributed by atoms with Gasteiger partial charge in [-0.15, -0.1) is 0 Å². The van der Waals surface area contributed by atoms with Crippen LogP contribution in [-0.2, 0) is 13.0 Å². The zero-order chi connectivity index (χ0) is 14.1. The van der Waals surface area contributed by atoms with E-state index in [2.05, 4.69) is 33.5 Å². The van der Waals surface area contributed by atoms with Crippen LogP contribution in [0.3, 0.4) is 0 Å². The van der Waals surface area contributed by atoms with Crippen LogP contribution in [0.2, 0.25) is 0 Å². The summed E-state index contributed by atoms with van der Waals surface area (Å²) in [6.07, 6.45) is 4.43. The predicted molar refractivity (Wildman–Crippen MR) is 82.5 cm³/mol. The zero-order valence-corrected chi connectivity index (χ0v) is 11.5. The summed E-state index contributed by atoms with van der Waals surface area (Å²) in [7, 11) is 0. The fourth-order valence-electron chi connectivity index (χ4n) is 2.63. The molecule has 0 fully saturated rings. The van der Waals surface area contributed by atoms with Crippen molar-refractivity contribution < 1.29 is 4.74 Å². The molecular weight excluding hydrogens is 262 g/mol. The van der Waals surface area contributed by atoms with Gasteiger partial charge < -0.3 is 10.1 Å². The first-order valence-corrected chi connectivity index (χ1v) is 7.08. The molecule has 2 heterocycles. The molecule has 1 aromatic heterocycles. The molecule has 1 aliphatic heterocycles. The lowest BCUT2D eigenvalue weighted by Crippen LogP contribution is -2.00. The Balaban J connectivity index is 1.52. The summed E-state index contributed by atoms with van der Waals surface area (Å²) in [6.45, 7) is 1.59. The minimum absolute atomic E-state index is 0.791. The maximum absolute atomic E-state index is 5.53. The lowest BCUT2D eigenvalue weighted by atomic mass is 10.1. The van der Waals surface area contributed by atoms with E-state index >= 15 is 0 Å². The number of benzene rings is 2. The molecule has 3 aromatic rings. The Morgan fingerprint density at radius 2 is 1.90 bits per heavy atom. The van der Waals surface area contributed by atoms with Crippen LogP contribution in [0.25, 0.3) is 11.0 Å². The van der Waals surface area contributed by atoms with Crippen LogP contribution >= 0.6 is 0 Å². The van der Waals surface area contributed by atoms with Crippen LogP contribution in [0.1, 0.15) is 11.1 Å². The van der Waals surface area contributed by atoms with Gasteiger partial charge in [0.15, 0.2) is 0 Å². The summed E-state index contributed by atoms with van der Waals surface area (Å²) in [6, 6.07) is 12.4. The molecule has 0 unspecified atom stereocenters. The number of aromatic nitrogens is 2. The Morgan fingerprint density at radius 1 is 1.00 bits per heavy atom. The molecule has 1 aliphatic rings. The number of rotatable bonds is 3. The van der Waals surface area contributed by atoms with Crippen molar-refractivity contribution >= 4 is 16.7 Å².